The molecule has 1 aromatic carbocycles. The number of carbonyl (C=O) groups excluding carboxylic acids is 3. The lowest BCUT2D eigenvalue weighted by molar-refractivity contribution is -0.121. The summed E-state index contributed by atoms with van der Waals surface area (Å²) in [6, 6.07) is 7.12. The number of hydrogen-bond donors (Lipinski definition) is 3. The van der Waals surface area contributed by atoms with Gasteiger partial charge in [0.15, 0.2) is 5.82 Å². The van der Waals surface area contributed by atoms with Gasteiger partial charge in [0.1, 0.15) is 0 Å². The molecule has 1 aromatic heterocycles. The first kappa shape index (κ1) is 17.1. The summed E-state index contributed by atoms with van der Waals surface area (Å²) in [5, 5.41) is 8.69. The minimum atomic E-state index is -0.834. The van der Waals surface area contributed by atoms with E-state index in [1.54, 1.807) is 12.1 Å². The molecule has 9 nitrogen and oxygen atoms in total. The van der Waals surface area contributed by atoms with Gasteiger partial charge in [-0.05, 0) is 19.1 Å². The van der Waals surface area contributed by atoms with Gasteiger partial charge in [0, 0.05) is 18.5 Å². The van der Waals surface area contributed by atoms with Crippen molar-refractivity contribution in [1.82, 2.24) is 20.8 Å². The Bertz CT molecular complexity index is 739. The number of aromatic nitrogens is 2. The Kier molecular flexibility index (Phi) is 5.61. The molecule has 0 aliphatic carbocycles. The maximum absolute atomic E-state index is 11.9. The third-order valence-corrected chi connectivity index (χ3v) is 3.07. The summed E-state index contributed by atoms with van der Waals surface area (Å²) in [5.41, 5.74) is 6.57. The van der Waals surface area contributed by atoms with Gasteiger partial charge in [0.25, 0.3) is 5.91 Å². The topological polar surface area (TPSA) is 140 Å². The Labute approximate surface area is 137 Å². The molecule has 0 bridgehead atoms. The van der Waals surface area contributed by atoms with E-state index in [4.69, 9.17) is 5.73 Å². The zero-order valence-corrected chi connectivity index (χ0v) is 13.0. The highest BCUT2D eigenvalue weighted by Crippen LogP contribution is 2.02. The number of nitrogens with zero attached hydrogens (tertiary/aromatic N) is 2. The van der Waals surface area contributed by atoms with Gasteiger partial charge in [-0.3, -0.25) is 14.4 Å². The van der Waals surface area contributed by atoms with Crippen LogP contribution in [0.3, 0.4) is 0 Å². The summed E-state index contributed by atoms with van der Waals surface area (Å²) in [7, 11) is 0. The first-order valence-corrected chi connectivity index (χ1v) is 7.19. The van der Waals surface area contributed by atoms with Crippen molar-refractivity contribution < 1.29 is 18.9 Å². The molecule has 4 N–H and O–H groups in total. The smallest absolute Gasteiger partial charge is 0.315 e. The van der Waals surface area contributed by atoms with Crippen LogP contribution in [-0.4, -0.2) is 34.4 Å². The zero-order valence-electron chi connectivity index (χ0n) is 13.0. The van der Waals surface area contributed by atoms with Crippen molar-refractivity contribution in [2.45, 2.75) is 19.9 Å². The molecule has 0 aliphatic heterocycles. The maximum Gasteiger partial charge on any atom is 0.315 e. The van der Waals surface area contributed by atoms with Crippen LogP contribution in [-0.2, 0) is 11.3 Å². The lowest BCUT2D eigenvalue weighted by atomic mass is 10.1. The van der Waals surface area contributed by atoms with Gasteiger partial charge in [-0.1, -0.05) is 22.9 Å². The highest BCUT2D eigenvalue weighted by atomic mass is 16.5. The number of primary amides is 1. The van der Waals surface area contributed by atoms with E-state index in [1.165, 1.54) is 0 Å². The average Bonchev–Trinajstić information content (AvgIpc) is 3.03. The van der Waals surface area contributed by atoms with Crippen LogP contribution in [0.25, 0.3) is 0 Å². The molecular formula is C15H17N5O4. The predicted molar refractivity (Wildman–Crippen MR) is 82.8 cm³/mol. The fourth-order valence-electron chi connectivity index (χ4n) is 1.79. The first-order chi connectivity index (χ1) is 11.5. The molecule has 0 saturated heterocycles. The fraction of sp³-hybridized carbons (Fsp3) is 0.267. The van der Waals surface area contributed by atoms with Crippen molar-refractivity contribution in [2.24, 2.45) is 5.73 Å². The van der Waals surface area contributed by atoms with Crippen LogP contribution in [0.5, 0.6) is 0 Å². The minimum Gasteiger partial charge on any atom is -0.361 e. The highest BCUT2D eigenvalue weighted by molar-refractivity contribution is 5.94. The third-order valence-electron chi connectivity index (χ3n) is 3.07. The molecule has 2 aromatic rings. The van der Waals surface area contributed by atoms with E-state index in [9.17, 15) is 14.4 Å². The third kappa shape index (κ3) is 4.90. The number of nitrogens with one attached hydrogen (secondary N) is 2. The summed E-state index contributed by atoms with van der Waals surface area (Å²) >= 11 is 0. The normalized spacial score (nSPS) is 10.2. The van der Waals surface area contributed by atoms with Crippen LogP contribution in [0.15, 0.2) is 28.8 Å². The summed E-state index contributed by atoms with van der Waals surface area (Å²) in [6.45, 7) is 2.13. The second kappa shape index (κ2) is 7.86. The molecule has 0 saturated carbocycles. The summed E-state index contributed by atoms with van der Waals surface area (Å²) in [6.07, 6.45) is 0.0954. The monoisotopic (exact) mass is 331 g/mol. The van der Waals surface area contributed by atoms with Gasteiger partial charge < -0.3 is 20.9 Å². The lowest BCUT2D eigenvalue weighted by Crippen LogP contribution is -2.30. The Morgan fingerprint density at radius 2 is 1.88 bits per heavy atom. The minimum absolute atomic E-state index is 0.00151. The molecule has 0 fully saturated rings. The average molecular weight is 331 g/mol. The zero-order chi connectivity index (χ0) is 17.5. The molecule has 2 rings (SSSR count). The van der Waals surface area contributed by atoms with Crippen LogP contribution in [0.2, 0.25) is 0 Å². The molecule has 0 aliphatic rings. The van der Waals surface area contributed by atoms with E-state index in [0.29, 0.717) is 5.56 Å². The Morgan fingerprint density at radius 3 is 2.50 bits per heavy atom. The fourth-order valence-corrected chi connectivity index (χ4v) is 1.79. The number of carbonyl (C=O) groups is 3. The summed E-state index contributed by atoms with van der Waals surface area (Å²) in [4.78, 5) is 38.0. The van der Waals surface area contributed by atoms with Crippen LogP contribution in [0, 0.1) is 6.92 Å². The highest BCUT2D eigenvalue weighted by Gasteiger charge is 2.12. The van der Waals surface area contributed by atoms with Gasteiger partial charge in [-0.15, -0.1) is 0 Å². The van der Waals surface area contributed by atoms with Crippen molar-refractivity contribution in [3.05, 3.63) is 47.1 Å². The summed E-state index contributed by atoms with van der Waals surface area (Å²) < 4.78 is 4.58. The molecule has 0 unspecified atom stereocenters. The van der Waals surface area contributed by atoms with Gasteiger partial charge in [-0.25, -0.2) is 0 Å². The number of aryl methyl sites for hydroxylation is 1. The van der Waals surface area contributed by atoms with Crippen molar-refractivity contribution in [1.29, 1.82) is 0 Å². The van der Waals surface area contributed by atoms with E-state index in [2.05, 4.69) is 25.3 Å². The Morgan fingerprint density at radius 1 is 1.17 bits per heavy atom. The molecule has 24 heavy (non-hydrogen) atoms. The summed E-state index contributed by atoms with van der Waals surface area (Å²) in [5.74, 6) is -1.55. The number of nitrogens with two attached hydrogens (primary N) is 1. The predicted octanol–water partition coefficient (Wildman–Crippen LogP) is -0.0868. The van der Waals surface area contributed by atoms with Crippen LogP contribution < -0.4 is 16.4 Å². The molecule has 0 spiro atoms. The number of amides is 3. The van der Waals surface area contributed by atoms with E-state index in [1.807, 2.05) is 19.1 Å². The number of benzene rings is 1. The largest absolute Gasteiger partial charge is 0.361 e. The molecule has 126 valence electrons. The Hall–Kier alpha value is -3.23. The van der Waals surface area contributed by atoms with E-state index in [0.717, 1.165) is 5.56 Å². The van der Waals surface area contributed by atoms with Crippen LogP contribution in [0.4, 0.5) is 0 Å². The number of hydrogen-bond acceptors (Lipinski definition) is 6. The SMILES string of the molecule is Cc1ccc(C(=O)NCCC(=O)NCc2noc(C(N)=O)n2)cc1. The molecule has 1 heterocycles. The van der Waals surface area contributed by atoms with Crippen LogP contribution >= 0.6 is 0 Å². The quantitative estimate of drug-likeness (QED) is 0.648. The van der Waals surface area contributed by atoms with Crippen molar-refractivity contribution in [3.63, 3.8) is 0 Å². The lowest BCUT2D eigenvalue weighted by Gasteiger charge is -2.06. The van der Waals surface area contributed by atoms with E-state index >= 15 is 0 Å². The van der Waals surface area contributed by atoms with Gasteiger partial charge in [0.05, 0.1) is 6.54 Å². The van der Waals surface area contributed by atoms with Crippen molar-refractivity contribution in [2.75, 3.05) is 6.54 Å². The molecular weight excluding hydrogens is 314 g/mol. The van der Waals surface area contributed by atoms with Crippen molar-refractivity contribution in [3.8, 4) is 0 Å². The van der Waals surface area contributed by atoms with E-state index < -0.39 is 5.91 Å². The molecule has 0 atom stereocenters. The second-order valence-electron chi connectivity index (χ2n) is 5.03. The van der Waals surface area contributed by atoms with Gasteiger partial charge in [0.2, 0.25) is 5.91 Å². The van der Waals surface area contributed by atoms with Crippen molar-refractivity contribution >= 4 is 17.7 Å². The molecule has 0 radical (unpaired) electrons. The number of rotatable bonds is 7. The molecule has 9 heteroatoms. The van der Waals surface area contributed by atoms with Gasteiger partial charge >= 0.3 is 11.8 Å². The second-order valence-corrected chi connectivity index (χ2v) is 5.03. The first-order valence-electron chi connectivity index (χ1n) is 7.19. The standard InChI is InChI=1S/C15H17N5O4/c1-9-2-4-10(5-3-9)14(23)17-7-6-12(21)18-8-11-19-15(13(16)22)24-20-11/h2-5H,6-8H2,1H3,(H2,16,22)(H,17,23)(H,18,21). The maximum atomic E-state index is 11.9. The van der Waals surface area contributed by atoms with E-state index in [-0.39, 0.29) is 43.0 Å². The van der Waals surface area contributed by atoms with Crippen LogP contribution in [0.1, 0.15) is 38.9 Å². The molecule has 3 amide bonds. The van der Waals surface area contributed by atoms with Gasteiger partial charge in [-0.2, -0.15) is 4.98 Å². The Balaban J connectivity index is 1.70.